The lowest BCUT2D eigenvalue weighted by atomic mass is 10.1. The Morgan fingerprint density at radius 3 is 2.26 bits per heavy atom. The highest BCUT2D eigenvalue weighted by Gasteiger charge is 2.52. The van der Waals surface area contributed by atoms with Gasteiger partial charge >= 0.3 is 12.5 Å². The van der Waals surface area contributed by atoms with Crippen LogP contribution in [-0.4, -0.2) is 23.4 Å². The maximum Gasteiger partial charge on any atom is 0.527 e. The second-order valence-electron chi connectivity index (χ2n) is 4.29. The average Bonchev–Trinajstić information content (AvgIpc) is 2.59. The first-order valence-electron chi connectivity index (χ1n) is 6.63. The van der Waals surface area contributed by atoms with Crippen LogP contribution in [0.4, 0.5) is 22.0 Å². The van der Waals surface area contributed by atoms with Gasteiger partial charge < -0.3 is 5.11 Å². The normalized spacial score (nSPS) is 12.1. The van der Waals surface area contributed by atoms with Crippen molar-refractivity contribution in [1.29, 1.82) is 0 Å². The van der Waals surface area contributed by atoms with E-state index in [0.29, 0.717) is 0 Å². The largest absolute Gasteiger partial charge is 0.527 e. The molecule has 5 nitrogen and oxygen atoms in total. The summed E-state index contributed by atoms with van der Waals surface area (Å²) in [5, 5.41) is 16.0. The van der Waals surface area contributed by atoms with E-state index >= 15 is 0 Å². The Balaban J connectivity index is 3.37. The van der Waals surface area contributed by atoms with Crippen LogP contribution in [0.25, 0.3) is 5.76 Å². The van der Waals surface area contributed by atoms with Crippen LogP contribution < -0.4 is 0 Å². The van der Waals surface area contributed by atoms with E-state index in [1.807, 2.05) is 17.9 Å². The molecule has 1 N–H and O–H groups in total. The summed E-state index contributed by atoms with van der Waals surface area (Å²) in [4.78, 5) is 11.8. The number of halogens is 5. The molecule has 0 aliphatic heterocycles. The van der Waals surface area contributed by atoms with E-state index in [1.54, 1.807) is 0 Å². The fourth-order valence-corrected chi connectivity index (χ4v) is 1.46. The van der Waals surface area contributed by atoms with E-state index in [2.05, 4.69) is 26.8 Å². The molecular formula is C17H7F5N2O3. The maximum absolute atomic E-state index is 13.5. The number of hydrogen-bond donors (Lipinski definition) is 1. The first-order chi connectivity index (χ1) is 12.6. The quantitative estimate of drug-likeness (QED) is 0.278. The van der Waals surface area contributed by atoms with Gasteiger partial charge in [-0.1, -0.05) is 35.4 Å². The number of carbonyl (C=O) groups excluding carboxylic acids is 1. The van der Waals surface area contributed by atoms with Gasteiger partial charge in [0.25, 0.3) is 5.78 Å². The maximum atomic E-state index is 13.5. The number of hydrogen-bond acceptors (Lipinski definition) is 5. The number of ether oxygens (including phenoxy) is 1. The third-order valence-corrected chi connectivity index (χ3v) is 2.45. The van der Waals surface area contributed by atoms with E-state index in [-0.39, 0.29) is 5.56 Å². The highest BCUT2D eigenvalue weighted by atomic mass is 19.4. The zero-order valence-electron chi connectivity index (χ0n) is 13.0. The average molecular weight is 382 g/mol. The van der Waals surface area contributed by atoms with E-state index in [4.69, 9.17) is 6.42 Å². The molecule has 0 saturated heterocycles. The van der Waals surface area contributed by atoms with E-state index in [9.17, 15) is 31.9 Å². The number of Topliss-reactive ketones (excluding diaryl/α,β-unsaturated/α-hetero) is 1. The molecule has 27 heavy (non-hydrogen) atoms. The van der Waals surface area contributed by atoms with Gasteiger partial charge in [-0.15, -0.1) is 24.7 Å². The molecule has 10 heteroatoms. The molecule has 0 aromatic heterocycles. The van der Waals surface area contributed by atoms with Crippen molar-refractivity contribution in [2.75, 3.05) is 0 Å². The van der Waals surface area contributed by atoms with Crippen LogP contribution in [-0.2, 0) is 9.53 Å². The molecule has 0 saturated carbocycles. The Hall–Kier alpha value is -3.68. The molecule has 0 fully saturated rings. The van der Waals surface area contributed by atoms with E-state index in [1.165, 1.54) is 30.3 Å². The van der Waals surface area contributed by atoms with Gasteiger partial charge in [0.05, 0.1) is 6.04 Å². The van der Waals surface area contributed by atoms with Gasteiger partial charge in [-0.05, 0) is 11.8 Å². The van der Waals surface area contributed by atoms with Crippen LogP contribution in [0.3, 0.4) is 0 Å². The van der Waals surface area contributed by atoms with Gasteiger partial charge in [-0.25, -0.2) is 4.74 Å². The molecule has 1 aromatic carbocycles. The van der Waals surface area contributed by atoms with Crippen LogP contribution in [0.15, 0.2) is 46.3 Å². The Kier molecular flexibility index (Phi) is 7.23. The van der Waals surface area contributed by atoms with Crippen molar-refractivity contribution in [2.24, 2.45) is 10.2 Å². The molecule has 1 aromatic rings. The molecule has 0 aliphatic rings. The molecule has 0 amide bonds. The number of terminal acetylenes is 1. The number of rotatable bonds is 5. The summed E-state index contributed by atoms with van der Waals surface area (Å²) < 4.78 is 65.7. The number of nitrogens with zero attached hydrogens (tertiary/aromatic N) is 2. The molecule has 1 rings (SSSR count). The molecule has 0 aliphatic carbocycles. The summed E-state index contributed by atoms with van der Waals surface area (Å²) in [6, 6.07) is 8.44. The summed E-state index contributed by atoms with van der Waals surface area (Å²) in [6.45, 7) is 0. The second-order valence-corrected chi connectivity index (χ2v) is 4.29. The Morgan fingerprint density at radius 2 is 1.70 bits per heavy atom. The zero-order chi connectivity index (χ0) is 20.5. The van der Waals surface area contributed by atoms with Gasteiger partial charge in [0.1, 0.15) is 0 Å². The van der Waals surface area contributed by atoms with Gasteiger partial charge in [-0.3, -0.25) is 4.79 Å². The van der Waals surface area contributed by atoms with Crippen molar-refractivity contribution in [3.63, 3.8) is 0 Å². The molecule has 0 heterocycles. The predicted octanol–water partition coefficient (Wildman–Crippen LogP) is 3.66. The molecule has 0 spiro atoms. The van der Waals surface area contributed by atoms with Crippen LogP contribution >= 0.6 is 0 Å². The second kappa shape index (κ2) is 9.14. The lowest BCUT2D eigenvalue weighted by molar-refractivity contribution is -0.408. The fraction of sp³-hybridized carbons (Fsp3) is 0.118. The summed E-state index contributed by atoms with van der Waals surface area (Å²) in [7, 11) is 0. The van der Waals surface area contributed by atoms with Crippen molar-refractivity contribution in [1.82, 2.24) is 0 Å². The number of aliphatic hydroxyl groups is 1. The van der Waals surface area contributed by atoms with Gasteiger partial charge in [-0.2, -0.15) is 8.78 Å². The summed E-state index contributed by atoms with van der Waals surface area (Å²) in [5.41, 5.74) is -1.70. The van der Waals surface area contributed by atoms with Gasteiger partial charge in [0, 0.05) is 17.4 Å². The SMILES string of the molecule is C#CC#CC#CN=NC(C(=O)C(F)(F)OC(F)(F)F)=C(O)c1ccccc1. The van der Waals surface area contributed by atoms with Crippen LogP contribution in [0, 0.1) is 36.1 Å². The summed E-state index contributed by atoms with van der Waals surface area (Å²) in [6.07, 6.45) is -6.38. The lowest BCUT2D eigenvalue weighted by Gasteiger charge is -2.17. The monoisotopic (exact) mass is 382 g/mol. The van der Waals surface area contributed by atoms with Crippen LogP contribution in [0.1, 0.15) is 5.56 Å². The van der Waals surface area contributed by atoms with Crippen molar-refractivity contribution in [3.8, 4) is 36.1 Å². The predicted molar refractivity (Wildman–Crippen MR) is 82.3 cm³/mol. The van der Waals surface area contributed by atoms with Crippen molar-refractivity contribution in [3.05, 3.63) is 41.6 Å². The van der Waals surface area contributed by atoms with Gasteiger partial charge in [0.2, 0.25) is 0 Å². The van der Waals surface area contributed by atoms with Crippen LogP contribution in [0.5, 0.6) is 0 Å². The number of azo groups is 1. The Bertz CT molecular complexity index is 921. The molecular weight excluding hydrogens is 375 g/mol. The third-order valence-electron chi connectivity index (χ3n) is 2.45. The van der Waals surface area contributed by atoms with Crippen LogP contribution in [0.2, 0.25) is 0 Å². The molecule has 138 valence electrons. The van der Waals surface area contributed by atoms with Crippen molar-refractivity contribution >= 4 is 11.5 Å². The van der Waals surface area contributed by atoms with Crippen molar-refractivity contribution < 1.29 is 36.6 Å². The Labute approximate surface area is 149 Å². The number of carbonyl (C=O) groups is 1. The molecule has 0 bridgehead atoms. The van der Waals surface area contributed by atoms with Gasteiger partial charge in [0.15, 0.2) is 11.5 Å². The summed E-state index contributed by atoms with van der Waals surface area (Å²) in [5.74, 6) is 4.31. The number of benzene rings is 1. The minimum Gasteiger partial charge on any atom is -0.505 e. The smallest absolute Gasteiger partial charge is 0.505 e. The highest BCUT2D eigenvalue weighted by Crippen LogP contribution is 2.32. The standard InChI is InChI=1S/C17H7F5N2O3/c1-2-3-4-8-11-23-24-13(14(25)12-9-6-5-7-10-12)15(26)16(18,19)27-17(20,21)22/h1,5-7,9-10,25H. The number of aliphatic hydroxyl groups excluding tert-OH is 1. The molecule has 0 unspecified atom stereocenters. The number of alkyl halides is 5. The minimum absolute atomic E-state index is 0.192. The number of ketones is 1. The molecule has 0 radical (unpaired) electrons. The first kappa shape index (κ1) is 21.4. The third kappa shape index (κ3) is 6.99. The minimum atomic E-state index is -5.83. The lowest BCUT2D eigenvalue weighted by Crippen LogP contribution is -2.38. The molecule has 0 atom stereocenters. The summed E-state index contributed by atoms with van der Waals surface area (Å²) >= 11 is 0. The first-order valence-corrected chi connectivity index (χ1v) is 6.63. The van der Waals surface area contributed by atoms with E-state index < -0.39 is 29.7 Å². The highest BCUT2D eigenvalue weighted by molar-refractivity contribution is 6.04. The fourth-order valence-electron chi connectivity index (χ4n) is 1.46. The zero-order valence-corrected chi connectivity index (χ0v) is 13.0. The Morgan fingerprint density at radius 1 is 1.07 bits per heavy atom. The van der Waals surface area contributed by atoms with Crippen molar-refractivity contribution in [2.45, 2.75) is 12.5 Å². The van der Waals surface area contributed by atoms with E-state index in [0.717, 1.165) is 0 Å². The topological polar surface area (TPSA) is 71.2 Å².